The molecule has 0 bridgehead atoms. The molecule has 0 fully saturated rings. The molecule has 0 radical (unpaired) electrons. The number of halogens is 1. The Balaban J connectivity index is 2.77. The fourth-order valence-corrected chi connectivity index (χ4v) is 1.02. The van der Waals surface area contributed by atoms with Crippen molar-refractivity contribution in [1.82, 2.24) is 4.98 Å². The van der Waals surface area contributed by atoms with Gasteiger partial charge in [-0.15, -0.1) is 0 Å². The molecule has 11 heavy (non-hydrogen) atoms. The highest BCUT2D eigenvalue weighted by Crippen LogP contribution is 2.14. The van der Waals surface area contributed by atoms with E-state index in [0.29, 0.717) is 6.54 Å². The van der Waals surface area contributed by atoms with Gasteiger partial charge in [-0.25, -0.2) is 0 Å². The Morgan fingerprint density at radius 1 is 1.64 bits per heavy atom. The number of azo groups is 1. The Morgan fingerprint density at radius 3 is 3.09 bits per heavy atom. The van der Waals surface area contributed by atoms with Gasteiger partial charge in [0.25, 0.3) is 0 Å². The summed E-state index contributed by atoms with van der Waals surface area (Å²) in [5, 5.41) is 7.51. The highest BCUT2D eigenvalue weighted by atomic mass is 79.9. The smallest absolute Gasteiger partial charge is 0.0875 e. The monoisotopic (exact) mass is 213 g/mol. The van der Waals surface area contributed by atoms with Crippen LogP contribution in [0.15, 0.2) is 33.2 Å². The average molecular weight is 214 g/mol. The summed E-state index contributed by atoms with van der Waals surface area (Å²) < 4.78 is 1.03. The molecule has 1 heterocycles. The van der Waals surface area contributed by atoms with Crippen LogP contribution in [0.3, 0.4) is 0 Å². The molecule has 4 heteroatoms. The quantitative estimate of drug-likeness (QED) is 0.696. The molecular weight excluding hydrogens is 206 g/mol. The predicted molar refractivity (Wildman–Crippen MR) is 46.4 cm³/mol. The van der Waals surface area contributed by atoms with E-state index in [2.05, 4.69) is 31.1 Å². The third kappa shape index (κ3) is 2.38. The van der Waals surface area contributed by atoms with Gasteiger partial charge in [-0.05, 0) is 6.07 Å². The second-order valence-electron chi connectivity index (χ2n) is 1.97. The highest BCUT2D eigenvalue weighted by Gasteiger charge is 1.95. The predicted octanol–water partition coefficient (Wildman–Crippen LogP) is 2.43. The molecule has 3 nitrogen and oxygen atoms in total. The van der Waals surface area contributed by atoms with Gasteiger partial charge in [0.15, 0.2) is 0 Å². The van der Waals surface area contributed by atoms with Crippen LogP contribution in [-0.2, 0) is 6.54 Å². The van der Waals surface area contributed by atoms with Crippen molar-refractivity contribution in [2.45, 2.75) is 6.54 Å². The minimum absolute atomic E-state index is 0.588. The molecule has 0 amide bonds. The summed E-state index contributed by atoms with van der Waals surface area (Å²) in [6.07, 6.45) is 3.51. The van der Waals surface area contributed by atoms with E-state index in [-0.39, 0.29) is 0 Å². The third-order valence-electron chi connectivity index (χ3n) is 1.23. The molecule has 0 aliphatic rings. The fraction of sp³-hybridized carbons (Fsp3) is 0.286. The summed E-state index contributed by atoms with van der Waals surface area (Å²) in [5.41, 5.74) is 1.05. The Hall–Kier alpha value is -0.770. The van der Waals surface area contributed by atoms with Gasteiger partial charge in [0.2, 0.25) is 0 Å². The fourth-order valence-electron chi connectivity index (χ4n) is 0.673. The molecule has 0 saturated carbocycles. The minimum atomic E-state index is 0.588. The van der Waals surface area contributed by atoms with Crippen LogP contribution in [0.25, 0.3) is 0 Å². The van der Waals surface area contributed by atoms with Gasteiger partial charge in [0.05, 0.1) is 6.54 Å². The first-order valence-electron chi connectivity index (χ1n) is 3.18. The minimum Gasteiger partial charge on any atom is -0.264 e. The molecule has 1 aromatic rings. The van der Waals surface area contributed by atoms with Crippen LogP contribution >= 0.6 is 15.9 Å². The third-order valence-corrected chi connectivity index (χ3v) is 2.00. The molecule has 0 unspecified atom stereocenters. The normalized spacial score (nSPS) is 10.7. The molecule has 0 atom stereocenters. The number of hydrogen-bond acceptors (Lipinski definition) is 3. The van der Waals surface area contributed by atoms with E-state index in [4.69, 9.17) is 0 Å². The van der Waals surface area contributed by atoms with Crippen molar-refractivity contribution < 1.29 is 0 Å². The lowest BCUT2D eigenvalue weighted by molar-refractivity contribution is 0.921. The van der Waals surface area contributed by atoms with E-state index in [1.807, 2.05) is 6.07 Å². The number of aromatic nitrogens is 1. The van der Waals surface area contributed by atoms with E-state index in [9.17, 15) is 0 Å². The van der Waals surface area contributed by atoms with Gasteiger partial charge in [-0.2, -0.15) is 10.2 Å². The van der Waals surface area contributed by atoms with Crippen LogP contribution in [0, 0.1) is 0 Å². The molecular formula is C7H8BrN3. The zero-order chi connectivity index (χ0) is 8.10. The number of nitrogens with zero attached hydrogens (tertiary/aromatic N) is 3. The number of hydrogen-bond donors (Lipinski definition) is 0. The van der Waals surface area contributed by atoms with Crippen LogP contribution in [0.4, 0.5) is 0 Å². The lowest BCUT2D eigenvalue weighted by Gasteiger charge is -1.96. The molecule has 0 aromatic carbocycles. The van der Waals surface area contributed by atoms with Crippen LogP contribution in [0.1, 0.15) is 5.56 Å². The van der Waals surface area contributed by atoms with Crippen molar-refractivity contribution in [3.63, 3.8) is 0 Å². The van der Waals surface area contributed by atoms with E-state index in [1.165, 1.54) is 0 Å². The summed E-state index contributed by atoms with van der Waals surface area (Å²) in [6.45, 7) is 0.588. The first-order valence-corrected chi connectivity index (χ1v) is 3.98. The first kappa shape index (κ1) is 8.33. The topological polar surface area (TPSA) is 37.6 Å². The molecule has 1 rings (SSSR count). The van der Waals surface area contributed by atoms with Crippen LogP contribution in [0.2, 0.25) is 0 Å². The van der Waals surface area contributed by atoms with E-state index >= 15 is 0 Å². The molecule has 0 aliphatic carbocycles. The van der Waals surface area contributed by atoms with E-state index in [0.717, 1.165) is 10.0 Å². The largest absolute Gasteiger partial charge is 0.264 e. The van der Waals surface area contributed by atoms with Gasteiger partial charge in [0.1, 0.15) is 0 Å². The zero-order valence-corrected chi connectivity index (χ0v) is 7.74. The van der Waals surface area contributed by atoms with E-state index < -0.39 is 0 Å². The molecule has 0 aliphatic heterocycles. The van der Waals surface area contributed by atoms with Gasteiger partial charge in [-0.3, -0.25) is 4.98 Å². The molecule has 0 spiro atoms. The highest BCUT2D eigenvalue weighted by molar-refractivity contribution is 9.10. The van der Waals surface area contributed by atoms with Crippen molar-refractivity contribution in [1.29, 1.82) is 0 Å². The second kappa shape index (κ2) is 4.18. The summed E-state index contributed by atoms with van der Waals surface area (Å²) in [4.78, 5) is 3.97. The van der Waals surface area contributed by atoms with Crippen molar-refractivity contribution in [2.24, 2.45) is 10.2 Å². The lowest BCUT2D eigenvalue weighted by atomic mass is 10.3. The molecule has 58 valence electrons. The molecule has 0 N–H and O–H groups in total. The molecule has 1 aromatic heterocycles. The van der Waals surface area contributed by atoms with Gasteiger partial charge in [-0.1, -0.05) is 15.9 Å². The van der Waals surface area contributed by atoms with Crippen LogP contribution < -0.4 is 0 Å². The van der Waals surface area contributed by atoms with Crippen molar-refractivity contribution >= 4 is 15.9 Å². The number of rotatable bonds is 2. The summed E-state index contributed by atoms with van der Waals surface area (Å²) >= 11 is 3.38. The maximum absolute atomic E-state index is 3.97. The van der Waals surface area contributed by atoms with E-state index in [1.54, 1.807) is 19.4 Å². The van der Waals surface area contributed by atoms with Gasteiger partial charge >= 0.3 is 0 Å². The second-order valence-corrected chi connectivity index (χ2v) is 2.82. The Bertz CT molecular complexity index is 260. The average Bonchev–Trinajstić information content (AvgIpc) is 2.03. The van der Waals surface area contributed by atoms with Crippen molar-refractivity contribution in [3.05, 3.63) is 28.5 Å². The Morgan fingerprint density at radius 2 is 2.45 bits per heavy atom. The van der Waals surface area contributed by atoms with Gasteiger partial charge in [0, 0.05) is 29.5 Å². The summed E-state index contributed by atoms with van der Waals surface area (Å²) in [7, 11) is 1.66. The Kier molecular flexibility index (Phi) is 3.16. The maximum atomic E-state index is 3.97. The lowest BCUT2D eigenvalue weighted by Crippen LogP contribution is -1.83. The van der Waals surface area contributed by atoms with Gasteiger partial charge < -0.3 is 0 Å². The Labute approximate surface area is 73.7 Å². The van der Waals surface area contributed by atoms with Crippen molar-refractivity contribution in [3.8, 4) is 0 Å². The zero-order valence-electron chi connectivity index (χ0n) is 6.16. The summed E-state index contributed by atoms with van der Waals surface area (Å²) in [5.74, 6) is 0. The van der Waals surface area contributed by atoms with Crippen LogP contribution in [0.5, 0.6) is 0 Å². The number of pyridine rings is 1. The standard InChI is InChI=1S/C7H8BrN3/c1-9-11-5-6-4-10-3-2-7(6)8/h2-4H,5H2,1H3. The maximum Gasteiger partial charge on any atom is 0.0875 e. The first-order chi connectivity index (χ1) is 5.34. The van der Waals surface area contributed by atoms with Crippen molar-refractivity contribution in [2.75, 3.05) is 7.05 Å². The molecule has 0 saturated heterocycles. The SMILES string of the molecule is CN=NCc1cnccc1Br. The summed E-state index contributed by atoms with van der Waals surface area (Å²) in [6, 6.07) is 1.89. The van der Waals surface area contributed by atoms with Crippen LogP contribution in [-0.4, -0.2) is 12.0 Å².